The van der Waals surface area contributed by atoms with Crippen molar-refractivity contribution >= 4 is 11.3 Å². The number of nitrogens with zero attached hydrogens (tertiary/aromatic N) is 2. The van der Waals surface area contributed by atoms with Gasteiger partial charge < -0.3 is 15.0 Å². The monoisotopic (exact) mass is 269 g/mol. The molecule has 1 aromatic rings. The summed E-state index contributed by atoms with van der Waals surface area (Å²) in [6, 6.07) is 0. The number of nitrogens with one attached hydrogen (secondary N) is 1. The number of hydrogen-bond donors (Lipinski definition) is 1. The Morgan fingerprint density at radius 3 is 3.22 bits per heavy atom. The third-order valence-corrected chi connectivity index (χ3v) is 4.08. The van der Waals surface area contributed by atoms with Crippen molar-refractivity contribution in [3.8, 4) is 0 Å². The van der Waals surface area contributed by atoms with Gasteiger partial charge in [-0.15, -0.1) is 11.3 Å². The highest BCUT2D eigenvalue weighted by molar-refractivity contribution is 7.09. The molecule has 2 rings (SSSR count). The number of hydrogen-bond acceptors (Lipinski definition) is 5. The third-order valence-electron chi connectivity index (χ3n) is 3.18. The lowest BCUT2D eigenvalue weighted by molar-refractivity contribution is 0.0410. The fourth-order valence-electron chi connectivity index (χ4n) is 2.39. The Morgan fingerprint density at radius 2 is 2.50 bits per heavy atom. The van der Waals surface area contributed by atoms with Crippen molar-refractivity contribution < 1.29 is 4.74 Å². The summed E-state index contributed by atoms with van der Waals surface area (Å²) in [5.41, 5.74) is 1.18. The van der Waals surface area contributed by atoms with Crippen molar-refractivity contribution in [2.45, 2.75) is 25.9 Å². The SMILES string of the molecule is CNCc1nc(CN(C)CC2CCCOC2)cs1. The van der Waals surface area contributed by atoms with E-state index in [1.54, 1.807) is 11.3 Å². The molecule has 2 heterocycles. The van der Waals surface area contributed by atoms with Crippen LogP contribution in [0.15, 0.2) is 5.38 Å². The van der Waals surface area contributed by atoms with Gasteiger partial charge in [-0.2, -0.15) is 0 Å². The van der Waals surface area contributed by atoms with E-state index < -0.39 is 0 Å². The van der Waals surface area contributed by atoms with Crippen molar-refractivity contribution in [1.82, 2.24) is 15.2 Å². The Hall–Kier alpha value is -0.490. The largest absolute Gasteiger partial charge is 0.381 e. The molecule has 1 aliphatic heterocycles. The fourth-order valence-corrected chi connectivity index (χ4v) is 3.18. The van der Waals surface area contributed by atoms with Gasteiger partial charge in [0, 0.05) is 31.6 Å². The van der Waals surface area contributed by atoms with Crippen LogP contribution in [0, 0.1) is 5.92 Å². The molecule has 1 aliphatic rings. The second-order valence-electron chi connectivity index (χ2n) is 5.04. The van der Waals surface area contributed by atoms with Gasteiger partial charge in [0.2, 0.25) is 0 Å². The lowest BCUT2D eigenvalue weighted by atomic mass is 10.0. The molecule has 1 N–H and O–H groups in total. The highest BCUT2D eigenvalue weighted by Crippen LogP contribution is 2.16. The van der Waals surface area contributed by atoms with Crippen molar-refractivity contribution in [3.05, 3.63) is 16.1 Å². The molecule has 18 heavy (non-hydrogen) atoms. The molecule has 1 atom stereocenters. The van der Waals surface area contributed by atoms with Gasteiger partial charge in [0.25, 0.3) is 0 Å². The van der Waals surface area contributed by atoms with Crippen LogP contribution in [0.2, 0.25) is 0 Å². The van der Waals surface area contributed by atoms with Crippen LogP contribution in [0.4, 0.5) is 0 Å². The zero-order chi connectivity index (χ0) is 12.8. The molecular weight excluding hydrogens is 246 g/mol. The van der Waals surface area contributed by atoms with Gasteiger partial charge in [-0.3, -0.25) is 0 Å². The molecule has 5 heteroatoms. The molecular formula is C13H23N3OS. The van der Waals surface area contributed by atoms with Crippen LogP contribution in [-0.2, 0) is 17.8 Å². The molecule has 0 aromatic carbocycles. The van der Waals surface area contributed by atoms with Gasteiger partial charge in [0.15, 0.2) is 0 Å². The number of ether oxygens (including phenoxy) is 1. The molecule has 0 amide bonds. The topological polar surface area (TPSA) is 37.4 Å². The molecule has 1 unspecified atom stereocenters. The first-order valence-corrected chi connectivity index (χ1v) is 7.50. The smallest absolute Gasteiger partial charge is 0.107 e. The molecule has 0 bridgehead atoms. The summed E-state index contributed by atoms with van der Waals surface area (Å²) in [5, 5.41) is 6.47. The zero-order valence-corrected chi connectivity index (χ0v) is 12.1. The normalized spacial score (nSPS) is 20.5. The second-order valence-corrected chi connectivity index (χ2v) is 5.99. The lowest BCUT2D eigenvalue weighted by Crippen LogP contribution is -2.30. The summed E-state index contributed by atoms with van der Waals surface area (Å²) in [7, 11) is 4.13. The van der Waals surface area contributed by atoms with Crippen molar-refractivity contribution in [3.63, 3.8) is 0 Å². The summed E-state index contributed by atoms with van der Waals surface area (Å²) >= 11 is 1.74. The van der Waals surface area contributed by atoms with Crippen LogP contribution in [0.25, 0.3) is 0 Å². The molecule has 1 aromatic heterocycles. The highest BCUT2D eigenvalue weighted by atomic mass is 32.1. The summed E-state index contributed by atoms with van der Waals surface area (Å²) in [5.74, 6) is 0.694. The van der Waals surface area contributed by atoms with E-state index in [1.807, 2.05) is 7.05 Å². The first kappa shape index (κ1) is 13.9. The van der Waals surface area contributed by atoms with E-state index in [2.05, 4.69) is 27.6 Å². The van der Waals surface area contributed by atoms with Crippen LogP contribution in [0.3, 0.4) is 0 Å². The van der Waals surface area contributed by atoms with Crippen molar-refractivity contribution in [2.24, 2.45) is 5.92 Å². The van der Waals surface area contributed by atoms with Crippen LogP contribution in [-0.4, -0.2) is 43.7 Å². The van der Waals surface area contributed by atoms with Gasteiger partial charge in [0.1, 0.15) is 5.01 Å². The number of rotatable bonds is 6. The van der Waals surface area contributed by atoms with Gasteiger partial charge in [-0.05, 0) is 32.9 Å². The van der Waals surface area contributed by atoms with Gasteiger partial charge in [-0.25, -0.2) is 4.98 Å². The Balaban J connectivity index is 1.76. The van der Waals surface area contributed by atoms with Crippen LogP contribution >= 0.6 is 11.3 Å². The minimum absolute atomic E-state index is 0.694. The summed E-state index contributed by atoms with van der Waals surface area (Å²) in [6.45, 7) is 4.78. The van der Waals surface area contributed by atoms with Crippen molar-refractivity contribution in [2.75, 3.05) is 33.9 Å². The Kier molecular flexibility index (Phi) is 5.56. The maximum Gasteiger partial charge on any atom is 0.107 e. The molecule has 0 spiro atoms. The third kappa shape index (κ3) is 4.31. The molecule has 4 nitrogen and oxygen atoms in total. The Morgan fingerprint density at radius 1 is 1.61 bits per heavy atom. The van der Waals surface area contributed by atoms with E-state index in [0.717, 1.165) is 32.8 Å². The van der Waals surface area contributed by atoms with E-state index in [1.165, 1.54) is 23.5 Å². The van der Waals surface area contributed by atoms with Crippen LogP contribution in [0.5, 0.6) is 0 Å². The van der Waals surface area contributed by atoms with E-state index in [4.69, 9.17) is 4.74 Å². The molecule has 1 saturated heterocycles. The zero-order valence-electron chi connectivity index (χ0n) is 11.3. The standard InChI is InChI=1S/C13H23N3OS/c1-14-6-13-15-12(10-18-13)8-16(2)7-11-4-3-5-17-9-11/h10-11,14H,3-9H2,1-2H3. The predicted molar refractivity (Wildman–Crippen MR) is 74.8 cm³/mol. The number of thiazole rings is 1. The lowest BCUT2D eigenvalue weighted by Gasteiger charge is -2.26. The van der Waals surface area contributed by atoms with E-state index >= 15 is 0 Å². The van der Waals surface area contributed by atoms with E-state index in [-0.39, 0.29) is 0 Å². The summed E-state index contributed by atoms with van der Waals surface area (Å²) in [6.07, 6.45) is 2.51. The van der Waals surface area contributed by atoms with Gasteiger partial charge in [-0.1, -0.05) is 0 Å². The average Bonchev–Trinajstić information content (AvgIpc) is 2.78. The van der Waals surface area contributed by atoms with Crippen molar-refractivity contribution in [1.29, 1.82) is 0 Å². The van der Waals surface area contributed by atoms with Gasteiger partial charge in [0.05, 0.1) is 12.3 Å². The van der Waals surface area contributed by atoms with Crippen LogP contribution < -0.4 is 5.32 Å². The average molecular weight is 269 g/mol. The summed E-state index contributed by atoms with van der Waals surface area (Å²) < 4.78 is 5.52. The number of aromatic nitrogens is 1. The highest BCUT2D eigenvalue weighted by Gasteiger charge is 2.16. The molecule has 102 valence electrons. The Labute approximate surface area is 113 Å². The maximum absolute atomic E-state index is 5.52. The van der Waals surface area contributed by atoms with E-state index in [9.17, 15) is 0 Å². The first-order chi connectivity index (χ1) is 8.78. The fraction of sp³-hybridized carbons (Fsp3) is 0.769. The first-order valence-electron chi connectivity index (χ1n) is 6.62. The minimum Gasteiger partial charge on any atom is -0.381 e. The molecule has 0 radical (unpaired) electrons. The van der Waals surface area contributed by atoms with Gasteiger partial charge >= 0.3 is 0 Å². The molecule has 0 aliphatic carbocycles. The minimum atomic E-state index is 0.694. The molecule has 0 saturated carbocycles. The predicted octanol–water partition coefficient (Wildman–Crippen LogP) is 1.72. The molecule has 1 fully saturated rings. The second kappa shape index (κ2) is 7.19. The maximum atomic E-state index is 5.52. The quantitative estimate of drug-likeness (QED) is 0.853. The Bertz CT molecular complexity index is 350. The summed E-state index contributed by atoms with van der Waals surface area (Å²) in [4.78, 5) is 6.97. The van der Waals surface area contributed by atoms with E-state index in [0.29, 0.717) is 5.92 Å². The van der Waals surface area contributed by atoms with Crippen LogP contribution in [0.1, 0.15) is 23.5 Å².